The van der Waals surface area contributed by atoms with E-state index in [-0.39, 0.29) is 0 Å². The highest BCUT2D eigenvalue weighted by Gasteiger charge is 2.16. The van der Waals surface area contributed by atoms with Crippen molar-refractivity contribution >= 4 is 10.8 Å². The topological polar surface area (TPSA) is 56.9 Å². The SMILES string of the molecule is CC(C)(O)c1ccc(-c2nc(C#N)cc3ccccc23)cc1. The van der Waals surface area contributed by atoms with Crippen molar-refractivity contribution in [1.29, 1.82) is 5.26 Å². The zero-order valence-corrected chi connectivity index (χ0v) is 12.5. The fourth-order valence-electron chi connectivity index (χ4n) is 2.51. The van der Waals surface area contributed by atoms with Gasteiger partial charge in [-0.3, -0.25) is 0 Å². The van der Waals surface area contributed by atoms with Gasteiger partial charge in [0.15, 0.2) is 0 Å². The number of pyridine rings is 1. The molecule has 0 amide bonds. The highest BCUT2D eigenvalue weighted by atomic mass is 16.3. The van der Waals surface area contributed by atoms with Crippen LogP contribution < -0.4 is 0 Å². The summed E-state index contributed by atoms with van der Waals surface area (Å²) < 4.78 is 0. The Labute approximate surface area is 129 Å². The summed E-state index contributed by atoms with van der Waals surface area (Å²) >= 11 is 0. The fourth-order valence-corrected chi connectivity index (χ4v) is 2.51. The van der Waals surface area contributed by atoms with Gasteiger partial charge < -0.3 is 5.11 Å². The lowest BCUT2D eigenvalue weighted by Crippen LogP contribution is -2.14. The molecule has 0 saturated heterocycles. The van der Waals surface area contributed by atoms with Crippen LogP contribution in [0.1, 0.15) is 25.1 Å². The molecule has 1 aromatic heterocycles. The zero-order valence-electron chi connectivity index (χ0n) is 12.5. The van der Waals surface area contributed by atoms with E-state index in [1.165, 1.54) is 0 Å². The minimum Gasteiger partial charge on any atom is -0.386 e. The molecule has 1 N–H and O–H groups in total. The molecule has 0 aliphatic rings. The molecule has 2 aromatic carbocycles. The van der Waals surface area contributed by atoms with Gasteiger partial charge in [-0.15, -0.1) is 0 Å². The van der Waals surface area contributed by atoms with Gasteiger partial charge >= 0.3 is 0 Å². The third kappa shape index (κ3) is 2.57. The molecule has 0 unspecified atom stereocenters. The van der Waals surface area contributed by atoms with Crippen molar-refractivity contribution in [3.63, 3.8) is 0 Å². The van der Waals surface area contributed by atoms with E-state index < -0.39 is 5.60 Å². The smallest absolute Gasteiger partial charge is 0.141 e. The number of aliphatic hydroxyl groups is 1. The summed E-state index contributed by atoms with van der Waals surface area (Å²) in [7, 11) is 0. The number of nitrogens with zero attached hydrogens (tertiary/aromatic N) is 2. The largest absolute Gasteiger partial charge is 0.386 e. The predicted molar refractivity (Wildman–Crippen MR) is 87.1 cm³/mol. The number of hydrogen-bond donors (Lipinski definition) is 1. The average molecular weight is 288 g/mol. The van der Waals surface area contributed by atoms with Crippen LogP contribution in [0, 0.1) is 11.3 Å². The highest BCUT2D eigenvalue weighted by Crippen LogP contribution is 2.29. The van der Waals surface area contributed by atoms with Gasteiger partial charge in [0.25, 0.3) is 0 Å². The lowest BCUT2D eigenvalue weighted by Gasteiger charge is -2.18. The first-order valence-corrected chi connectivity index (χ1v) is 7.12. The number of benzene rings is 2. The fraction of sp³-hybridized carbons (Fsp3) is 0.158. The first-order valence-electron chi connectivity index (χ1n) is 7.12. The third-order valence-electron chi connectivity index (χ3n) is 3.72. The summed E-state index contributed by atoms with van der Waals surface area (Å²) in [5, 5.41) is 21.2. The van der Waals surface area contributed by atoms with Crippen molar-refractivity contribution in [3.05, 3.63) is 65.9 Å². The highest BCUT2D eigenvalue weighted by molar-refractivity contribution is 5.95. The minimum atomic E-state index is -0.872. The number of hydrogen-bond acceptors (Lipinski definition) is 3. The standard InChI is InChI=1S/C19H16N2O/c1-19(2,22)15-9-7-13(8-10-15)18-17-6-4-3-5-14(17)11-16(12-20)21-18/h3-11,22H,1-2H3. The summed E-state index contributed by atoms with van der Waals surface area (Å²) in [6, 6.07) is 19.5. The molecule has 0 aliphatic heterocycles. The molecule has 0 fully saturated rings. The van der Waals surface area contributed by atoms with E-state index in [2.05, 4.69) is 11.1 Å². The first-order chi connectivity index (χ1) is 10.5. The van der Waals surface area contributed by atoms with Crippen molar-refractivity contribution in [1.82, 2.24) is 4.98 Å². The van der Waals surface area contributed by atoms with E-state index in [1.807, 2.05) is 48.5 Å². The van der Waals surface area contributed by atoms with Crippen molar-refractivity contribution in [2.75, 3.05) is 0 Å². The summed E-state index contributed by atoms with van der Waals surface area (Å²) in [4.78, 5) is 4.46. The molecule has 1 heterocycles. The summed E-state index contributed by atoms with van der Waals surface area (Å²) in [5.41, 5.74) is 2.10. The second-order valence-electron chi connectivity index (χ2n) is 5.83. The Bertz CT molecular complexity index is 869. The molecule has 3 heteroatoms. The van der Waals surface area contributed by atoms with Crippen LogP contribution in [0.2, 0.25) is 0 Å². The minimum absolute atomic E-state index is 0.403. The number of fused-ring (bicyclic) bond motifs is 1. The molecule has 3 rings (SSSR count). The van der Waals surface area contributed by atoms with Crippen LogP contribution in [0.5, 0.6) is 0 Å². The molecule has 0 aliphatic carbocycles. The Morgan fingerprint density at radius 2 is 1.73 bits per heavy atom. The average Bonchev–Trinajstić information content (AvgIpc) is 2.53. The molecule has 108 valence electrons. The Kier molecular flexibility index (Phi) is 3.40. The molecular formula is C19H16N2O. The molecule has 0 radical (unpaired) electrons. The van der Waals surface area contributed by atoms with Gasteiger partial charge in [-0.2, -0.15) is 5.26 Å². The zero-order chi connectivity index (χ0) is 15.7. The first kappa shape index (κ1) is 14.2. The van der Waals surface area contributed by atoms with Crippen LogP contribution in [-0.4, -0.2) is 10.1 Å². The quantitative estimate of drug-likeness (QED) is 0.775. The Balaban J connectivity index is 2.19. The summed E-state index contributed by atoms with van der Waals surface area (Å²) in [6.45, 7) is 3.51. The maximum Gasteiger partial charge on any atom is 0.141 e. The van der Waals surface area contributed by atoms with Crippen LogP contribution in [0.4, 0.5) is 0 Å². The van der Waals surface area contributed by atoms with Crippen LogP contribution >= 0.6 is 0 Å². The number of aromatic nitrogens is 1. The van der Waals surface area contributed by atoms with E-state index in [1.54, 1.807) is 19.9 Å². The van der Waals surface area contributed by atoms with Crippen LogP contribution in [-0.2, 0) is 5.60 Å². The lowest BCUT2D eigenvalue weighted by atomic mass is 9.95. The predicted octanol–water partition coefficient (Wildman–Crippen LogP) is 4.00. The normalized spacial score (nSPS) is 11.4. The monoisotopic (exact) mass is 288 g/mol. The molecule has 3 aromatic rings. The second kappa shape index (κ2) is 5.25. The van der Waals surface area contributed by atoms with Gasteiger partial charge in [-0.25, -0.2) is 4.98 Å². The maximum absolute atomic E-state index is 10.0. The van der Waals surface area contributed by atoms with E-state index in [0.29, 0.717) is 5.69 Å². The number of nitriles is 1. The molecule has 0 saturated carbocycles. The summed E-state index contributed by atoms with van der Waals surface area (Å²) in [5.74, 6) is 0. The van der Waals surface area contributed by atoms with Crippen molar-refractivity contribution in [3.8, 4) is 17.3 Å². The molecular weight excluding hydrogens is 272 g/mol. The van der Waals surface area contributed by atoms with Gasteiger partial charge in [-0.05, 0) is 30.9 Å². The molecule has 0 bridgehead atoms. The second-order valence-corrected chi connectivity index (χ2v) is 5.83. The van der Waals surface area contributed by atoms with Crippen LogP contribution in [0.25, 0.3) is 22.0 Å². The van der Waals surface area contributed by atoms with Crippen LogP contribution in [0.15, 0.2) is 54.6 Å². The van der Waals surface area contributed by atoms with Gasteiger partial charge in [0, 0.05) is 10.9 Å². The third-order valence-corrected chi connectivity index (χ3v) is 3.72. The Hall–Kier alpha value is -2.70. The molecule has 0 spiro atoms. The molecule has 3 nitrogen and oxygen atoms in total. The van der Waals surface area contributed by atoms with Crippen molar-refractivity contribution < 1.29 is 5.11 Å². The van der Waals surface area contributed by atoms with E-state index in [4.69, 9.17) is 0 Å². The maximum atomic E-state index is 10.0. The molecule has 22 heavy (non-hydrogen) atoms. The van der Waals surface area contributed by atoms with Crippen LogP contribution in [0.3, 0.4) is 0 Å². The van der Waals surface area contributed by atoms with E-state index in [0.717, 1.165) is 27.6 Å². The van der Waals surface area contributed by atoms with Crippen molar-refractivity contribution in [2.24, 2.45) is 0 Å². The Morgan fingerprint density at radius 1 is 1.05 bits per heavy atom. The molecule has 0 atom stereocenters. The lowest BCUT2D eigenvalue weighted by molar-refractivity contribution is 0.0786. The van der Waals surface area contributed by atoms with E-state index in [9.17, 15) is 10.4 Å². The van der Waals surface area contributed by atoms with E-state index >= 15 is 0 Å². The Morgan fingerprint density at radius 3 is 2.36 bits per heavy atom. The summed E-state index contributed by atoms with van der Waals surface area (Å²) in [6.07, 6.45) is 0. The van der Waals surface area contributed by atoms with Gasteiger partial charge in [-0.1, -0.05) is 48.5 Å². The van der Waals surface area contributed by atoms with Gasteiger partial charge in [0.1, 0.15) is 11.8 Å². The number of rotatable bonds is 2. The van der Waals surface area contributed by atoms with Crippen molar-refractivity contribution in [2.45, 2.75) is 19.4 Å². The van der Waals surface area contributed by atoms with Gasteiger partial charge in [0.05, 0.1) is 11.3 Å². The van der Waals surface area contributed by atoms with Gasteiger partial charge in [0.2, 0.25) is 0 Å².